The summed E-state index contributed by atoms with van der Waals surface area (Å²) in [7, 11) is 3.16. The second kappa shape index (κ2) is 12.0. The first kappa shape index (κ1) is 29.8. The molecule has 14 nitrogen and oxygen atoms in total. The van der Waals surface area contributed by atoms with Gasteiger partial charge in [-0.3, -0.25) is 14.9 Å². The number of ether oxygens (including phenoxy) is 6. The molecule has 1 amide bonds. The topological polar surface area (TPSA) is 161 Å². The van der Waals surface area contributed by atoms with Crippen molar-refractivity contribution in [3.63, 3.8) is 0 Å². The number of benzene rings is 2. The van der Waals surface area contributed by atoms with Crippen molar-refractivity contribution < 1.29 is 47.4 Å². The fourth-order valence-electron chi connectivity index (χ4n) is 5.59. The van der Waals surface area contributed by atoms with E-state index in [0.29, 0.717) is 47.6 Å². The Balaban J connectivity index is 0.000000189. The van der Waals surface area contributed by atoms with Gasteiger partial charge in [0.2, 0.25) is 0 Å². The van der Waals surface area contributed by atoms with Crippen molar-refractivity contribution >= 4 is 24.0 Å². The normalized spacial score (nSPS) is 20.9. The van der Waals surface area contributed by atoms with Gasteiger partial charge in [0, 0.05) is 23.6 Å². The lowest BCUT2D eigenvalue weighted by Gasteiger charge is -2.37. The minimum absolute atomic E-state index is 0.0452. The molecule has 4 aliphatic rings. The first-order chi connectivity index (χ1) is 21.7. The molecule has 4 aliphatic heterocycles. The van der Waals surface area contributed by atoms with E-state index in [4.69, 9.17) is 28.1 Å². The third-order valence-corrected chi connectivity index (χ3v) is 7.94. The molecule has 2 aromatic carbocycles. The van der Waals surface area contributed by atoms with Crippen molar-refractivity contribution in [3.8, 4) is 28.7 Å². The summed E-state index contributed by atoms with van der Waals surface area (Å²) in [5.41, 5.74) is 2.37. The number of hydrogen-bond acceptors (Lipinski definition) is 12. The molecule has 7 rings (SSSR count). The Morgan fingerprint density at radius 1 is 1.04 bits per heavy atom. The number of rotatable bonds is 6. The summed E-state index contributed by atoms with van der Waals surface area (Å²) in [5.74, 6) is 3.07. The minimum atomic E-state index is -0.651. The van der Waals surface area contributed by atoms with E-state index in [9.17, 15) is 19.7 Å². The second-order valence-corrected chi connectivity index (χ2v) is 11.0. The number of hydrazone groups is 1. The van der Waals surface area contributed by atoms with Gasteiger partial charge in [-0.1, -0.05) is 13.8 Å². The molecule has 1 saturated heterocycles. The van der Waals surface area contributed by atoms with Gasteiger partial charge in [-0.15, -0.1) is 0 Å². The Hall–Kier alpha value is -5.27. The SMILES string of the molecule is COc1cc2c(cc1OC)C1C(=O)c3ccc4c(c3OC1CO2)CC(C(C)C)O4.O=C1OCCN1N=Cc1ccc([N+](=O)[O-])o1. The maximum atomic E-state index is 13.5. The van der Waals surface area contributed by atoms with Crippen molar-refractivity contribution in [3.05, 3.63) is 69.0 Å². The van der Waals surface area contributed by atoms with Crippen LogP contribution in [0.4, 0.5) is 10.7 Å². The van der Waals surface area contributed by atoms with Crippen LogP contribution >= 0.6 is 0 Å². The highest BCUT2D eigenvalue weighted by Gasteiger charge is 2.45. The van der Waals surface area contributed by atoms with Crippen molar-refractivity contribution in [1.29, 1.82) is 0 Å². The van der Waals surface area contributed by atoms with Crippen LogP contribution in [0.5, 0.6) is 28.7 Å². The summed E-state index contributed by atoms with van der Waals surface area (Å²) in [5, 5.41) is 15.2. The van der Waals surface area contributed by atoms with Gasteiger partial charge in [0.05, 0.1) is 44.5 Å². The molecule has 0 bridgehead atoms. The summed E-state index contributed by atoms with van der Waals surface area (Å²) in [6.45, 7) is 5.22. The molecule has 0 aliphatic carbocycles. The lowest BCUT2D eigenvalue weighted by atomic mass is 9.81. The molecular weight excluding hydrogens is 590 g/mol. The number of fused-ring (bicyclic) bond motifs is 6. The molecule has 5 heterocycles. The highest BCUT2D eigenvalue weighted by Crippen LogP contribution is 2.50. The highest BCUT2D eigenvalue weighted by atomic mass is 16.6. The summed E-state index contributed by atoms with van der Waals surface area (Å²) in [6.07, 6.45) is 1.15. The van der Waals surface area contributed by atoms with E-state index in [-0.39, 0.29) is 36.2 Å². The van der Waals surface area contributed by atoms with E-state index in [1.165, 1.54) is 18.3 Å². The van der Waals surface area contributed by atoms with Gasteiger partial charge in [-0.05, 0) is 30.2 Å². The van der Waals surface area contributed by atoms with Crippen LogP contribution in [0.2, 0.25) is 0 Å². The van der Waals surface area contributed by atoms with Crippen molar-refractivity contribution in [1.82, 2.24) is 5.01 Å². The van der Waals surface area contributed by atoms with Gasteiger partial charge < -0.3 is 32.8 Å². The minimum Gasteiger partial charge on any atom is -0.493 e. The number of cyclic esters (lactones) is 1. The lowest BCUT2D eigenvalue weighted by Crippen LogP contribution is -2.43. The Morgan fingerprint density at radius 2 is 1.82 bits per heavy atom. The summed E-state index contributed by atoms with van der Waals surface area (Å²) < 4.78 is 38.6. The predicted octanol–water partition coefficient (Wildman–Crippen LogP) is 4.76. The maximum Gasteiger partial charge on any atom is 0.433 e. The zero-order valence-electron chi connectivity index (χ0n) is 25.0. The van der Waals surface area contributed by atoms with Crippen LogP contribution in [0.25, 0.3) is 0 Å². The van der Waals surface area contributed by atoms with Crippen molar-refractivity contribution in [2.24, 2.45) is 11.0 Å². The van der Waals surface area contributed by atoms with E-state index in [1.54, 1.807) is 20.3 Å². The Labute approximate surface area is 257 Å². The summed E-state index contributed by atoms with van der Waals surface area (Å²) >= 11 is 0. The van der Waals surface area contributed by atoms with Crippen molar-refractivity contribution in [2.45, 2.75) is 38.4 Å². The van der Waals surface area contributed by atoms with Crippen LogP contribution in [0.1, 0.15) is 47.0 Å². The number of amides is 1. The molecule has 0 radical (unpaired) electrons. The molecule has 3 unspecified atom stereocenters. The molecule has 0 N–H and O–H groups in total. The number of ketones is 1. The van der Waals surface area contributed by atoms with E-state index in [1.807, 2.05) is 18.2 Å². The van der Waals surface area contributed by atoms with Crippen molar-refractivity contribution in [2.75, 3.05) is 34.0 Å². The fraction of sp³-hybridized carbons (Fsp3) is 0.387. The predicted molar refractivity (Wildman–Crippen MR) is 157 cm³/mol. The standard InChI is InChI=1S/C23H24O6.C8H7N3O5/c1-11(2)16-8-14-15(28-16)6-5-12-22(24)21-13-7-18(25-3)19(26-4)9-17(13)27-10-20(21)29-23(12)14;12-8-10(3-4-15-8)9-5-6-1-2-7(16-6)11(13)14/h5-7,9,11,16,20-21H,8,10H2,1-4H3;1-2,5H,3-4H2. The van der Waals surface area contributed by atoms with E-state index < -0.39 is 16.9 Å². The quantitative estimate of drug-likeness (QED) is 0.212. The number of carbonyl (C=O) groups is 2. The van der Waals surface area contributed by atoms with Gasteiger partial charge in [0.15, 0.2) is 23.0 Å². The first-order valence-electron chi connectivity index (χ1n) is 14.3. The largest absolute Gasteiger partial charge is 0.493 e. The summed E-state index contributed by atoms with van der Waals surface area (Å²) in [6, 6.07) is 9.92. The number of furan rings is 1. The van der Waals surface area contributed by atoms with Crippen LogP contribution in [-0.2, 0) is 11.2 Å². The highest BCUT2D eigenvalue weighted by molar-refractivity contribution is 6.06. The van der Waals surface area contributed by atoms with Gasteiger partial charge >= 0.3 is 12.0 Å². The van der Waals surface area contributed by atoms with E-state index >= 15 is 0 Å². The third kappa shape index (κ3) is 5.58. The molecule has 236 valence electrons. The zero-order chi connectivity index (χ0) is 31.8. The van der Waals surface area contributed by atoms with Gasteiger partial charge in [-0.25, -0.2) is 4.79 Å². The Bertz CT molecular complexity index is 1680. The molecule has 1 aromatic heterocycles. The third-order valence-electron chi connectivity index (χ3n) is 7.94. The zero-order valence-corrected chi connectivity index (χ0v) is 25.0. The van der Waals surface area contributed by atoms with Crippen LogP contribution in [0.15, 0.2) is 45.9 Å². The molecule has 0 spiro atoms. The van der Waals surface area contributed by atoms with Gasteiger partial charge in [0.1, 0.15) is 47.6 Å². The molecule has 14 heteroatoms. The van der Waals surface area contributed by atoms with Gasteiger partial charge in [0.25, 0.3) is 0 Å². The van der Waals surface area contributed by atoms with Crippen LogP contribution < -0.4 is 23.7 Å². The molecule has 1 fully saturated rings. The molecule has 3 atom stereocenters. The Morgan fingerprint density at radius 3 is 2.49 bits per heavy atom. The van der Waals surface area contributed by atoms with Crippen LogP contribution in [-0.4, -0.2) is 74.2 Å². The first-order valence-corrected chi connectivity index (χ1v) is 14.3. The Kier molecular flexibility index (Phi) is 7.96. The molecule has 3 aromatic rings. The number of Topliss-reactive ketones (excluding diaryl/α,β-unsaturated/α-hetero) is 1. The number of hydrogen-bond donors (Lipinski definition) is 0. The smallest absolute Gasteiger partial charge is 0.433 e. The molecule has 45 heavy (non-hydrogen) atoms. The number of nitro groups is 1. The maximum absolute atomic E-state index is 13.5. The fourth-order valence-corrected chi connectivity index (χ4v) is 5.59. The van der Waals surface area contributed by atoms with Crippen LogP contribution in [0, 0.1) is 16.0 Å². The molecular formula is C31H31N3O11. The number of nitrogens with zero attached hydrogens (tertiary/aromatic N) is 3. The summed E-state index contributed by atoms with van der Waals surface area (Å²) in [4.78, 5) is 34.2. The monoisotopic (exact) mass is 621 g/mol. The van der Waals surface area contributed by atoms with E-state index in [0.717, 1.165) is 28.3 Å². The van der Waals surface area contributed by atoms with E-state index in [2.05, 4.69) is 23.7 Å². The molecule has 0 saturated carbocycles. The second-order valence-electron chi connectivity index (χ2n) is 11.0. The lowest BCUT2D eigenvalue weighted by molar-refractivity contribution is -0.402. The number of methoxy groups -OCH3 is 2. The average molecular weight is 622 g/mol. The average Bonchev–Trinajstić information content (AvgIpc) is 3.79. The van der Waals surface area contributed by atoms with Gasteiger partial charge in [-0.2, -0.15) is 10.1 Å². The number of carbonyl (C=O) groups excluding carboxylic acids is 2. The van der Waals surface area contributed by atoms with Crippen LogP contribution in [0.3, 0.4) is 0 Å².